The third-order valence-corrected chi connectivity index (χ3v) is 3.97. The Hall–Kier alpha value is -0.530. The third kappa shape index (κ3) is 1.94. The Balaban J connectivity index is 1.88. The van der Waals surface area contributed by atoms with Gasteiger partial charge in [-0.25, -0.2) is 0 Å². The number of carbonyl (C=O) groups excluding carboxylic acids is 1. The molecule has 2 aliphatic rings. The second-order valence-electron chi connectivity index (χ2n) is 5.01. The molecule has 1 unspecified atom stereocenters. The Bertz CT molecular complexity index is 216. The maximum atomic E-state index is 12.0. The number of hydrogen-bond donors (Lipinski definition) is 0. The maximum Gasteiger partial charge on any atom is 0.225 e. The quantitative estimate of drug-likeness (QED) is 0.677. The van der Waals surface area contributed by atoms with Crippen LogP contribution in [-0.4, -0.2) is 23.9 Å². The average Bonchev–Trinajstić information content (AvgIpc) is 2.90. The van der Waals surface area contributed by atoms with Crippen molar-refractivity contribution in [3.8, 4) is 0 Å². The highest BCUT2D eigenvalue weighted by atomic mass is 16.2. The fourth-order valence-electron chi connectivity index (χ4n) is 2.56. The first-order valence-electron chi connectivity index (χ1n) is 5.97. The van der Waals surface area contributed by atoms with Crippen LogP contribution < -0.4 is 0 Å². The highest BCUT2D eigenvalue weighted by Gasteiger charge is 2.35. The van der Waals surface area contributed by atoms with Gasteiger partial charge in [0.25, 0.3) is 0 Å². The van der Waals surface area contributed by atoms with Crippen LogP contribution in [0.25, 0.3) is 0 Å². The highest BCUT2D eigenvalue weighted by molar-refractivity contribution is 5.79. The summed E-state index contributed by atoms with van der Waals surface area (Å²) in [7, 11) is 1.99. The van der Waals surface area contributed by atoms with Gasteiger partial charge in [-0.2, -0.15) is 0 Å². The van der Waals surface area contributed by atoms with Gasteiger partial charge < -0.3 is 4.90 Å². The van der Waals surface area contributed by atoms with E-state index in [9.17, 15) is 4.79 Å². The van der Waals surface area contributed by atoms with Crippen molar-refractivity contribution in [3.05, 3.63) is 0 Å². The Morgan fingerprint density at radius 1 is 1.21 bits per heavy atom. The monoisotopic (exact) mass is 195 g/mol. The van der Waals surface area contributed by atoms with E-state index < -0.39 is 0 Å². The first-order chi connectivity index (χ1) is 6.70. The number of nitrogens with zero attached hydrogens (tertiary/aromatic N) is 1. The molecule has 2 heteroatoms. The van der Waals surface area contributed by atoms with Gasteiger partial charge in [0.05, 0.1) is 0 Å². The van der Waals surface area contributed by atoms with Gasteiger partial charge in [-0.15, -0.1) is 0 Å². The molecule has 0 aromatic carbocycles. The Labute approximate surface area is 86.7 Å². The van der Waals surface area contributed by atoms with Gasteiger partial charge in [0.15, 0.2) is 0 Å². The van der Waals surface area contributed by atoms with Crippen molar-refractivity contribution in [3.63, 3.8) is 0 Å². The lowest BCUT2D eigenvalue weighted by atomic mass is 10.1. The molecular formula is C12H21NO. The lowest BCUT2D eigenvalue weighted by Crippen LogP contribution is -2.39. The van der Waals surface area contributed by atoms with Crippen molar-refractivity contribution < 1.29 is 4.79 Å². The molecule has 2 nitrogen and oxygen atoms in total. The minimum Gasteiger partial charge on any atom is -0.343 e. The molecule has 0 heterocycles. The van der Waals surface area contributed by atoms with Crippen LogP contribution in [0.15, 0.2) is 0 Å². The van der Waals surface area contributed by atoms with Crippen molar-refractivity contribution in [2.24, 2.45) is 11.8 Å². The normalized spacial score (nSPS) is 25.0. The summed E-state index contributed by atoms with van der Waals surface area (Å²) in [6.45, 7) is 2.20. The van der Waals surface area contributed by atoms with E-state index in [4.69, 9.17) is 0 Å². The van der Waals surface area contributed by atoms with E-state index in [0.717, 1.165) is 18.8 Å². The van der Waals surface area contributed by atoms with Crippen LogP contribution in [0.3, 0.4) is 0 Å². The summed E-state index contributed by atoms with van der Waals surface area (Å²) in [6, 6.07) is 0.475. The average molecular weight is 195 g/mol. The van der Waals surface area contributed by atoms with Crippen LogP contribution in [0, 0.1) is 11.8 Å². The fraction of sp³-hybridized carbons (Fsp3) is 0.917. The Morgan fingerprint density at radius 2 is 1.79 bits per heavy atom. The van der Waals surface area contributed by atoms with E-state index in [1.165, 1.54) is 25.7 Å². The zero-order valence-corrected chi connectivity index (χ0v) is 9.33. The van der Waals surface area contributed by atoms with E-state index in [0.29, 0.717) is 17.9 Å². The van der Waals surface area contributed by atoms with Crippen LogP contribution >= 0.6 is 0 Å². The summed E-state index contributed by atoms with van der Waals surface area (Å²) in [5.74, 6) is 1.55. The van der Waals surface area contributed by atoms with E-state index >= 15 is 0 Å². The van der Waals surface area contributed by atoms with E-state index in [1.807, 2.05) is 11.9 Å². The predicted octanol–water partition coefficient (Wildman–Crippen LogP) is 2.43. The third-order valence-electron chi connectivity index (χ3n) is 3.97. The molecule has 0 spiro atoms. The summed E-state index contributed by atoms with van der Waals surface area (Å²) in [5.41, 5.74) is 0. The maximum absolute atomic E-state index is 12.0. The van der Waals surface area contributed by atoms with Crippen LogP contribution in [-0.2, 0) is 4.79 Å². The second-order valence-corrected chi connectivity index (χ2v) is 5.01. The van der Waals surface area contributed by atoms with Gasteiger partial charge in [-0.1, -0.05) is 12.8 Å². The van der Waals surface area contributed by atoms with Crippen molar-refractivity contribution in [2.45, 2.75) is 51.5 Å². The molecule has 14 heavy (non-hydrogen) atoms. The molecule has 2 fully saturated rings. The first kappa shape index (κ1) is 10.0. The van der Waals surface area contributed by atoms with Crippen molar-refractivity contribution in [2.75, 3.05) is 7.05 Å². The lowest BCUT2D eigenvalue weighted by Gasteiger charge is -2.27. The van der Waals surface area contributed by atoms with Crippen LogP contribution in [0.5, 0.6) is 0 Å². The molecule has 1 atom stereocenters. The van der Waals surface area contributed by atoms with Crippen LogP contribution in [0.2, 0.25) is 0 Å². The van der Waals surface area contributed by atoms with E-state index in [2.05, 4.69) is 6.92 Å². The van der Waals surface area contributed by atoms with Gasteiger partial charge in [-0.05, 0) is 38.5 Å². The molecule has 2 rings (SSSR count). The Kier molecular flexibility index (Phi) is 2.80. The summed E-state index contributed by atoms with van der Waals surface area (Å²) >= 11 is 0. The van der Waals surface area contributed by atoms with E-state index in [-0.39, 0.29) is 0 Å². The standard InChI is InChI=1S/C12H21NO/c1-9(10-7-8-10)13(2)12(14)11-5-3-4-6-11/h9-11H,3-8H2,1-2H3. The minimum absolute atomic E-state index is 0.348. The molecule has 0 aromatic rings. The van der Waals surface area contributed by atoms with Gasteiger partial charge in [0, 0.05) is 19.0 Å². The number of rotatable bonds is 3. The zero-order chi connectivity index (χ0) is 10.1. The first-order valence-corrected chi connectivity index (χ1v) is 5.97. The number of amides is 1. The van der Waals surface area contributed by atoms with Gasteiger partial charge in [0.1, 0.15) is 0 Å². The molecule has 0 saturated heterocycles. The number of carbonyl (C=O) groups is 1. The van der Waals surface area contributed by atoms with Gasteiger partial charge >= 0.3 is 0 Å². The summed E-state index contributed by atoms with van der Waals surface area (Å²) in [6.07, 6.45) is 7.40. The zero-order valence-electron chi connectivity index (χ0n) is 9.33. The van der Waals surface area contributed by atoms with E-state index in [1.54, 1.807) is 0 Å². The molecule has 2 aliphatic carbocycles. The summed E-state index contributed by atoms with van der Waals surface area (Å²) in [5, 5.41) is 0. The van der Waals surface area contributed by atoms with Crippen molar-refractivity contribution in [1.82, 2.24) is 4.90 Å². The lowest BCUT2D eigenvalue weighted by molar-refractivity contribution is -0.136. The largest absolute Gasteiger partial charge is 0.343 e. The smallest absolute Gasteiger partial charge is 0.225 e. The summed E-state index contributed by atoms with van der Waals surface area (Å²) < 4.78 is 0. The molecule has 0 radical (unpaired) electrons. The molecule has 2 saturated carbocycles. The highest BCUT2D eigenvalue weighted by Crippen LogP contribution is 2.36. The predicted molar refractivity (Wildman–Crippen MR) is 56.9 cm³/mol. The van der Waals surface area contributed by atoms with Gasteiger partial charge in [-0.3, -0.25) is 4.79 Å². The Morgan fingerprint density at radius 3 is 2.29 bits per heavy atom. The molecule has 0 bridgehead atoms. The number of hydrogen-bond acceptors (Lipinski definition) is 1. The topological polar surface area (TPSA) is 20.3 Å². The molecule has 0 aromatic heterocycles. The molecule has 80 valence electrons. The molecular weight excluding hydrogens is 174 g/mol. The minimum atomic E-state index is 0.348. The molecule has 1 amide bonds. The van der Waals surface area contributed by atoms with Crippen molar-refractivity contribution >= 4 is 5.91 Å². The van der Waals surface area contributed by atoms with Gasteiger partial charge in [0.2, 0.25) is 5.91 Å². The van der Waals surface area contributed by atoms with Crippen molar-refractivity contribution in [1.29, 1.82) is 0 Å². The second kappa shape index (κ2) is 3.92. The SMILES string of the molecule is CC(C1CC1)N(C)C(=O)C1CCCC1. The van der Waals surface area contributed by atoms with Crippen LogP contribution in [0.1, 0.15) is 45.4 Å². The fourth-order valence-corrected chi connectivity index (χ4v) is 2.56. The molecule has 0 N–H and O–H groups in total. The molecule has 0 aliphatic heterocycles. The summed E-state index contributed by atoms with van der Waals surface area (Å²) in [4.78, 5) is 14.1. The van der Waals surface area contributed by atoms with Crippen LogP contribution in [0.4, 0.5) is 0 Å².